The summed E-state index contributed by atoms with van der Waals surface area (Å²) in [5.74, 6) is 0.728. The van der Waals surface area contributed by atoms with E-state index in [4.69, 9.17) is 4.74 Å². The zero-order chi connectivity index (χ0) is 12.8. The van der Waals surface area contributed by atoms with Crippen LogP contribution in [-0.2, 0) is 11.2 Å². The van der Waals surface area contributed by atoms with Gasteiger partial charge in [-0.25, -0.2) is 0 Å². The van der Waals surface area contributed by atoms with Crippen LogP contribution in [0.4, 0.5) is 0 Å². The molecule has 0 saturated heterocycles. The van der Waals surface area contributed by atoms with Crippen molar-refractivity contribution in [2.75, 3.05) is 7.11 Å². The number of methoxy groups -OCH3 is 1. The Balaban J connectivity index is 2.83. The highest BCUT2D eigenvalue weighted by Gasteiger charge is 2.09. The fraction of sp³-hybridized carbons (Fsp3) is 0.357. The van der Waals surface area contributed by atoms with Crippen molar-refractivity contribution in [3.05, 3.63) is 35.9 Å². The van der Waals surface area contributed by atoms with Crippen LogP contribution in [0.2, 0.25) is 0 Å². The Bertz CT molecular complexity index is 411. The molecule has 0 aliphatic carbocycles. The lowest BCUT2D eigenvalue weighted by Crippen LogP contribution is -2.31. The molecule has 92 valence electrons. The van der Waals surface area contributed by atoms with E-state index in [0.29, 0.717) is 6.42 Å². The largest absolute Gasteiger partial charge is 0.496 e. The Labute approximate surface area is 102 Å². The van der Waals surface area contributed by atoms with Gasteiger partial charge in [0.25, 0.3) is 0 Å². The van der Waals surface area contributed by atoms with Crippen molar-refractivity contribution in [1.29, 1.82) is 0 Å². The minimum atomic E-state index is 0.00431. The van der Waals surface area contributed by atoms with E-state index in [2.05, 4.69) is 11.9 Å². The van der Waals surface area contributed by atoms with Crippen molar-refractivity contribution >= 4 is 12.0 Å². The lowest BCUT2D eigenvalue weighted by atomic mass is 10.1. The molecule has 1 amide bonds. The van der Waals surface area contributed by atoms with Crippen LogP contribution >= 0.6 is 0 Å². The zero-order valence-electron chi connectivity index (χ0n) is 10.6. The molecule has 1 aromatic rings. The Morgan fingerprint density at radius 1 is 1.53 bits per heavy atom. The zero-order valence-corrected chi connectivity index (χ0v) is 10.6. The highest BCUT2D eigenvalue weighted by molar-refractivity contribution is 5.79. The first-order valence-corrected chi connectivity index (χ1v) is 5.65. The van der Waals surface area contributed by atoms with Crippen LogP contribution in [0.5, 0.6) is 5.75 Å². The van der Waals surface area contributed by atoms with E-state index in [1.54, 1.807) is 13.2 Å². The summed E-state index contributed by atoms with van der Waals surface area (Å²) >= 11 is 0. The first-order valence-electron chi connectivity index (χ1n) is 5.65. The number of hydrogen-bond donors (Lipinski definition) is 1. The molecule has 1 rings (SSSR count). The highest BCUT2D eigenvalue weighted by Crippen LogP contribution is 2.21. The van der Waals surface area contributed by atoms with Crippen molar-refractivity contribution in [2.45, 2.75) is 26.3 Å². The summed E-state index contributed by atoms with van der Waals surface area (Å²) < 4.78 is 5.27. The lowest BCUT2D eigenvalue weighted by Gasteiger charge is -2.11. The van der Waals surface area contributed by atoms with E-state index in [1.807, 2.05) is 32.0 Å². The number of carbonyl (C=O) groups is 1. The van der Waals surface area contributed by atoms with Gasteiger partial charge in [0.2, 0.25) is 5.91 Å². The van der Waals surface area contributed by atoms with Gasteiger partial charge < -0.3 is 10.1 Å². The van der Waals surface area contributed by atoms with Gasteiger partial charge in [0.05, 0.1) is 13.5 Å². The van der Waals surface area contributed by atoms with Gasteiger partial charge >= 0.3 is 0 Å². The molecule has 3 nitrogen and oxygen atoms in total. The monoisotopic (exact) mass is 233 g/mol. The minimum absolute atomic E-state index is 0.00431. The molecular weight excluding hydrogens is 214 g/mol. The smallest absolute Gasteiger partial charge is 0.224 e. The summed E-state index contributed by atoms with van der Waals surface area (Å²) in [5, 5.41) is 2.86. The van der Waals surface area contributed by atoms with Gasteiger partial charge in [-0.05, 0) is 25.5 Å². The molecule has 17 heavy (non-hydrogen) atoms. The maximum atomic E-state index is 11.7. The number of hydrogen-bond acceptors (Lipinski definition) is 2. The third-order valence-electron chi connectivity index (χ3n) is 2.35. The summed E-state index contributed by atoms with van der Waals surface area (Å²) in [6, 6.07) is 5.86. The standard InChI is InChI=1S/C14H19NO2/c1-5-11-6-7-12(13(8-11)17-4)9-14(16)15-10(2)3/h5-8,10H,1,9H2,2-4H3,(H,15,16). The average Bonchev–Trinajstić information content (AvgIpc) is 2.28. The molecule has 0 atom stereocenters. The summed E-state index contributed by atoms with van der Waals surface area (Å²) in [5.41, 5.74) is 1.87. The van der Waals surface area contributed by atoms with Crippen LogP contribution in [0.3, 0.4) is 0 Å². The molecule has 0 heterocycles. The van der Waals surface area contributed by atoms with Gasteiger partial charge in [-0.3, -0.25) is 4.79 Å². The first kappa shape index (κ1) is 13.3. The van der Waals surface area contributed by atoms with Gasteiger partial charge in [-0.15, -0.1) is 0 Å². The summed E-state index contributed by atoms with van der Waals surface area (Å²) in [4.78, 5) is 11.7. The molecule has 0 saturated carbocycles. The maximum Gasteiger partial charge on any atom is 0.224 e. The lowest BCUT2D eigenvalue weighted by molar-refractivity contribution is -0.120. The minimum Gasteiger partial charge on any atom is -0.496 e. The third-order valence-corrected chi connectivity index (χ3v) is 2.35. The Kier molecular flexibility index (Phi) is 4.76. The fourth-order valence-corrected chi connectivity index (χ4v) is 1.58. The van der Waals surface area contributed by atoms with Gasteiger partial charge in [-0.2, -0.15) is 0 Å². The quantitative estimate of drug-likeness (QED) is 0.848. The number of benzene rings is 1. The summed E-state index contributed by atoms with van der Waals surface area (Å²) in [6.07, 6.45) is 2.08. The Morgan fingerprint density at radius 2 is 2.24 bits per heavy atom. The van der Waals surface area contributed by atoms with E-state index in [9.17, 15) is 4.79 Å². The molecule has 0 bridgehead atoms. The average molecular weight is 233 g/mol. The van der Waals surface area contributed by atoms with Crippen LogP contribution in [0.25, 0.3) is 6.08 Å². The molecule has 0 aromatic heterocycles. The summed E-state index contributed by atoms with van der Waals surface area (Å²) in [7, 11) is 1.60. The second-order valence-corrected chi connectivity index (χ2v) is 4.17. The molecule has 1 N–H and O–H groups in total. The van der Waals surface area contributed by atoms with Crippen LogP contribution in [0.1, 0.15) is 25.0 Å². The van der Waals surface area contributed by atoms with Crippen LogP contribution in [0, 0.1) is 0 Å². The van der Waals surface area contributed by atoms with Gasteiger partial charge in [0, 0.05) is 11.6 Å². The number of nitrogens with one attached hydrogen (secondary N) is 1. The van der Waals surface area contributed by atoms with Gasteiger partial charge in [-0.1, -0.05) is 24.8 Å². The first-order chi connectivity index (χ1) is 8.06. The molecule has 0 aliphatic rings. The fourth-order valence-electron chi connectivity index (χ4n) is 1.58. The second kappa shape index (κ2) is 6.09. The van der Waals surface area contributed by atoms with E-state index < -0.39 is 0 Å². The van der Waals surface area contributed by atoms with E-state index in [1.165, 1.54) is 0 Å². The maximum absolute atomic E-state index is 11.7. The normalized spacial score (nSPS) is 10.1. The molecule has 0 radical (unpaired) electrons. The predicted molar refractivity (Wildman–Crippen MR) is 70.1 cm³/mol. The van der Waals surface area contributed by atoms with Crippen molar-refractivity contribution in [3.8, 4) is 5.75 Å². The van der Waals surface area contributed by atoms with E-state index in [0.717, 1.165) is 16.9 Å². The molecule has 1 aromatic carbocycles. The Morgan fingerprint density at radius 3 is 2.76 bits per heavy atom. The molecule has 0 unspecified atom stereocenters. The number of amides is 1. The van der Waals surface area contributed by atoms with E-state index >= 15 is 0 Å². The third kappa shape index (κ3) is 3.94. The Hall–Kier alpha value is -1.77. The number of rotatable bonds is 5. The molecule has 3 heteroatoms. The SMILES string of the molecule is C=Cc1ccc(CC(=O)NC(C)C)c(OC)c1. The summed E-state index contributed by atoms with van der Waals surface area (Å²) in [6.45, 7) is 7.58. The number of ether oxygens (including phenoxy) is 1. The van der Waals surface area contributed by atoms with Crippen LogP contribution in [0.15, 0.2) is 24.8 Å². The van der Waals surface area contributed by atoms with Gasteiger partial charge in [0.15, 0.2) is 0 Å². The second-order valence-electron chi connectivity index (χ2n) is 4.17. The predicted octanol–water partition coefficient (Wildman–Crippen LogP) is 2.41. The molecule has 0 fully saturated rings. The van der Waals surface area contributed by atoms with Crippen molar-refractivity contribution in [2.24, 2.45) is 0 Å². The van der Waals surface area contributed by atoms with Crippen molar-refractivity contribution < 1.29 is 9.53 Å². The number of carbonyl (C=O) groups excluding carboxylic acids is 1. The van der Waals surface area contributed by atoms with Gasteiger partial charge in [0.1, 0.15) is 5.75 Å². The van der Waals surface area contributed by atoms with Crippen molar-refractivity contribution in [1.82, 2.24) is 5.32 Å². The molecule has 0 spiro atoms. The molecular formula is C14H19NO2. The van der Waals surface area contributed by atoms with Crippen LogP contribution < -0.4 is 10.1 Å². The topological polar surface area (TPSA) is 38.3 Å². The highest BCUT2D eigenvalue weighted by atomic mass is 16.5. The molecule has 0 aliphatic heterocycles. The van der Waals surface area contributed by atoms with Crippen LogP contribution in [-0.4, -0.2) is 19.1 Å². The van der Waals surface area contributed by atoms with E-state index in [-0.39, 0.29) is 11.9 Å². The van der Waals surface area contributed by atoms with Crippen molar-refractivity contribution in [3.63, 3.8) is 0 Å².